The number of methoxy groups -OCH3 is 3. The minimum absolute atomic E-state index is 0.0290. The highest BCUT2D eigenvalue weighted by molar-refractivity contribution is 6.07. The number of carbonyl (C=O) groups is 2. The van der Waals surface area contributed by atoms with Crippen LogP contribution in [0.5, 0.6) is 17.2 Å². The van der Waals surface area contributed by atoms with Crippen molar-refractivity contribution in [1.82, 2.24) is 5.32 Å². The summed E-state index contributed by atoms with van der Waals surface area (Å²) in [6.45, 7) is 0. The maximum Gasteiger partial charge on any atom is 0.286 e. The fourth-order valence-corrected chi connectivity index (χ4v) is 3.92. The predicted molar refractivity (Wildman–Crippen MR) is 151 cm³/mol. The summed E-state index contributed by atoms with van der Waals surface area (Å²) in [6.07, 6.45) is 0. The molecule has 0 spiro atoms. The standard InChI is InChI=1S/C30H27FN4O5/c1-38-25-16-22(17-26(39-2)27(25)40-3)28(36)34-30(32)33-23-10-7-11-24(18-23)35(31)29(37)21-14-12-20(13-15-21)19-8-5-4-6-9-19/h4-18H,1-3H3,(H3,32,33,34,36). The van der Waals surface area contributed by atoms with E-state index in [2.05, 4.69) is 10.3 Å². The Balaban J connectivity index is 1.48. The highest BCUT2D eigenvalue weighted by atomic mass is 19.2. The van der Waals surface area contributed by atoms with E-state index in [9.17, 15) is 9.59 Å². The summed E-state index contributed by atoms with van der Waals surface area (Å²) < 4.78 is 30.9. The van der Waals surface area contributed by atoms with Crippen molar-refractivity contribution in [2.24, 2.45) is 10.7 Å². The molecular weight excluding hydrogens is 515 g/mol. The van der Waals surface area contributed by atoms with Crippen molar-refractivity contribution in [3.05, 3.63) is 102 Å². The lowest BCUT2D eigenvalue weighted by atomic mass is 10.0. The molecule has 3 N–H and O–H groups in total. The van der Waals surface area contributed by atoms with E-state index in [0.29, 0.717) is 5.75 Å². The second kappa shape index (κ2) is 12.4. The van der Waals surface area contributed by atoms with Gasteiger partial charge < -0.3 is 19.9 Å². The number of carbonyl (C=O) groups excluding carboxylic acids is 2. The second-order valence-electron chi connectivity index (χ2n) is 8.41. The molecule has 0 saturated heterocycles. The van der Waals surface area contributed by atoms with Crippen LogP contribution in [0.3, 0.4) is 0 Å². The molecule has 0 heterocycles. The number of halogens is 1. The monoisotopic (exact) mass is 542 g/mol. The normalized spacial score (nSPS) is 10.9. The van der Waals surface area contributed by atoms with E-state index in [4.69, 9.17) is 19.9 Å². The van der Waals surface area contributed by atoms with Gasteiger partial charge in [0.1, 0.15) is 0 Å². The van der Waals surface area contributed by atoms with Crippen molar-refractivity contribution in [2.45, 2.75) is 0 Å². The SMILES string of the molecule is COc1cc(C(=O)NC(N)=Nc2cccc(N(F)C(=O)c3ccc(-c4ccccc4)cc3)c2)cc(OC)c1OC. The van der Waals surface area contributed by atoms with Gasteiger partial charge in [-0.2, -0.15) is 0 Å². The average molecular weight is 543 g/mol. The van der Waals surface area contributed by atoms with Gasteiger partial charge in [-0.15, -0.1) is 5.12 Å². The molecule has 40 heavy (non-hydrogen) atoms. The van der Waals surface area contributed by atoms with Crippen molar-refractivity contribution in [3.8, 4) is 28.4 Å². The predicted octanol–water partition coefficient (Wildman–Crippen LogP) is 5.29. The van der Waals surface area contributed by atoms with Crippen molar-refractivity contribution in [2.75, 3.05) is 26.5 Å². The fraction of sp³-hybridized carbons (Fsp3) is 0.100. The molecule has 0 unspecified atom stereocenters. The maximum absolute atomic E-state index is 15.1. The summed E-state index contributed by atoms with van der Waals surface area (Å²) in [6, 6.07) is 25.0. The zero-order chi connectivity index (χ0) is 28.6. The Morgan fingerprint density at radius 2 is 1.40 bits per heavy atom. The van der Waals surface area contributed by atoms with Gasteiger partial charge in [0.05, 0.1) is 32.7 Å². The summed E-state index contributed by atoms with van der Waals surface area (Å²) in [5.74, 6) is -0.765. The lowest BCUT2D eigenvalue weighted by Gasteiger charge is -2.14. The molecule has 0 saturated carbocycles. The molecule has 10 heteroatoms. The number of nitrogens with two attached hydrogens (primary N) is 1. The minimum atomic E-state index is -0.843. The largest absolute Gasteiger partial charge is 0.493 e. The average Bonchev–Trinajstić information content (AvgIpc) is 3.00. The van der Waals surface area contributed by atoms with Crippen molar-refractivity contribution >= 4 is 29.1 Å². The van der Waals surface area contributed by atoms with E-state index in [-0.39, 0.29) is 45.1 Å². The van der Waals surface area contributed by atoms with Gasteiger partial charge in [0.2, 0.25) is 11.7 Å². The Bertz CT molecular complexity index is 1520. The molecule has 0 bridgehead atoms. The van der Waals surface area contributed by atoms with Gasteiger partial charge in [-0.3, -0.25) is 14.9 Å². The van der Waals surface area contributed by atoms with Crippen LogP contribution in [0.4, 0.5) is 15.9 Å². The Morgan fingerprint density at radius 3 is 2.00 bits per heavy atom. The first-order chi connectivity index (χ1) is 19.3. The van der Waals surface area contributed by atoms with Crippen LogP contribution in [0.1, 0.15) is 20.7 Å². The van der Waals surface area contributed by atoms with E-state index in [1.807, 2.05) is 30.3 Å². The Kier molecular flexibility index (Phi) is 8.60. The molecular formula is C30H27FN4O5. The number of benzene rings is 4. The number of nitrogens with one attached hydrogen (secondary N) is 1. The number of hydrogen-bond acceptors (Lipinski definition) is 6. The van der Waals surface area contributed by atoms with Gasteiger partial charge in [-0.1, -0.05) is 53.0 Å². The zero-order valence-corrected chi connectivity index (χ0v) is 22.1. The molecule has 9 nitrogen and oxygen atoms in total. The third-order valence-electron chi connectivity index (χ3n) is 5.89. The molecule has 4 aromatic carbocycles. The first-order valence-electron chi connectivity index (χ1n) is 12.1. The van der Waals surface area contributed by atoms with Gasteiger partial charge in [0, 0.05) is 11.1 Å². The van der Waals surface area contributed by atoms with Gasteiger partial charge in [-0.25, -0.2) is 4.99 Å². The van der Waals surface area contributed by atoms with Gasteiger partial charge in [0.25, 0.3) is 11.8 Å². The van der Waals surface area contributed by atoms with Gasteiger partial charge in [0.15, 0.2) is 11.5 Å². The van der Waals surface area contributed by atoms with Crippen LogP contribution in [0.25, 0.3) is 11.1 Å². The molecule has 0 aliphatic carbocycles. The smallest absolute Gasteiger partial charge is 0.286 e. The molecule has 0 fully saturated rings. The van der Waals surface area contributed by atoms with Crippen LogP contribution in [0.2, 0.25) is 0 Å². The van der Waals surface area contributed by atoms with Gasteiger partial charge in [-0.05, 0) is 53.6 Å². The van der Waals surface area contributed by atoms with E-state index in [1.165, 1.54) is 51.7 Å². The molecule has 0 atom stereocenters. The third-order valence-corrected chi connectivity index (χ3v) is 5.89. The van der Waals surface area contributed by atoms with E-state index >= 15 is 4.48 Å². The number of amides is 2. The number of rotatable bonds is 8. The maximum atomic E-state index is 15.1. The number of nitrogens with zero attached hydrogens (tertiary/aromatic N) is 2. The molecule has 4 aromatic rings. The summed E-state index contributed by atoms with van der Waals surface area (Å²) >= 11 is 0. The molecule has 0 aliphatic rings. The first-order valence-corrected chi connectivity index (χ1v) is 12.1. The topological polar surface area (TPSA) is 115 Å². The van der Waals surface area contributed by atoms with Crippen LogP contribution in [-0.4, -0.2) is 39.1 Å². The molecule has 2 amide bonds. The first kappa shape index (κ1) is 27.6. The third kappa shape index (κ3) is 6.18. The van der Waals surface area contributed by atoms with Crippen LogP contribution in [0.15, 0.2) is 96.0 Å². The van der Waals surface area contributed by atoms with E-state index in [1.54, 1.807) is 30.3 Å². The van der Waals surface area contributed by atoms with Crippen LogP contribution in [-0.2, 0) is 0 Å². The van der Waals surface area contributed by atoms with Gasteiger partial charge >= 0.3 is 0 Å². The summed E-state index contributed by atoms with van der Waals surface area (Å²) in [5, 5.41) is 2.49. The zero-order valence-electron chi connectivity index (χ0n) is 22.1. The van der Waals surface area contributed by atoms with E-state index in [0.717, 1.165) is 11.1 Å². The highest BCUT2D eigenvalue weighted by Gasteiger charge is 2.19. The Morgan fingerprint density at radius 1 is 0.775 bits per heavy atom. The number of guanidine groups is 1. The fourth-order valence-electron chi connectivity index (χ4n) is 3.92. The van der Waals surface area contributed by atoms with Crippen molar-refractivity contribution in [3.63, 3.8) is 0 Å². The van der Waals surface area contributed by atoms with E-state index < -0.39 is 11.8 Å². The number of hydrogen-bond donors (Lipinski definition) is 2. The molecule has 0 aliphatic heterocycles. The lowest BCUT2D eigenvalue weighted by molar-refractivity contribution is 0.0930. The quantitative estimate of drug-likeness (QED) is 0.178. The second-order valence-corrected chi connectivity index (χ2v) is 8.41. The number of anilines is 1. The van der Waals surface area contributed by atoms with Crippen LogP contribution in [0, 0.1) is 0 Å². The molecule has 204 valence electrons. The number of aliphatic imine (C=N–C) groups is 1. The van der Waals surface area contributed by atoms with Crippen LogP contribution >= 0.6 is 0 Å². The van der Waals surface area contributed by atoms with Crippen LogP contribution < -0.4 is 30.4 Å². The number of ether oxygens (including phenoxy) is 3. The summed E-state index contributed by atoms with van der Waals surface area (Å²) in [5.41, 5.74) is 8.35. The molecule has 4 rings (SSSR count). The summed E-state index contributed by atoms with van der Waals surface area (Å²) in [7, 11) is 4.31. The molecule has 0 aromatic heterocycles. The lowest BCUT2D eigenvalue weighted by Crippen LogP contribution is -2.36. The Hall–Kier alpha value is -5.38. The van der Waals surface area contributed by atoms with Crippen molar-refractivity contribution in [1.29, 1.82) is 0 Å². The minimum Gasteiger partial charge on any atom is -0.493 e. The highest BCUT2D eigenvalue weighted by Crippen LogP contribution is 2.38. The molecule has 0 radical (unpaired) electrons. The summed E-state index contributed by atoms with van der Waals surface area (Å²) in [4.78, 5) is 29.7. The van der Waals surface area contributed by atoms with Crippen molar-refractivity contribution < 1.29 is 28.3 Å². The Labute approximate surface area is 230 Å².